The van der Waals surface area contributed by atoms with Crippen molar-refractivity contribution in [2.75, 3.05) is 17.2 Å². The van der Waals surface area contributed by atoms with E-state index in [0.717, 1.165) is 0 Å². The van der Waals surface area contributed by atoms with Gasteiger partial charge in [0.2, 0.25) is 0 Å². The molecule has 0 bridgehead atoms. The second-order valence-corrected chi connectivity index (χ2v) is 7.74. The van der Waals surface area contributed by atoms with Gasteiger partial charge in [0.05, 0.1) is 17.1 Å². The molecule has 4 N–H and O–H groups in total. The van der Waals surface area contributed by atoms with Crippen LogP contribution >= 0.6 is 11.6 Å². The summed E-state index contributed by atoms with van der Waals surface area (Å²) in [5.41, 5.74) is 2.34. The van der Waals surface area contributed by atoms with E-state index in [4.69, 9.17) is 21.4 Å². The van der Waals surface area contributed by atoms with Gasteiger partial charge in [0.1, 0.15) is 30.3 Å². The molecule has 174 valence electrons. The molecule has 1 atom stereocenters. The number of aliphatic hydroxyl groups excluding tert-OH is 2. The maximum atomic E-state index is 13.3. The standard InChI is InChI=1S/C24H20ClFN4O4/c25-19-10-17(5-7-22(19)34-12-14-2-1-3-15(26)8-14)29-23-18-9-16(30-24(33)21(32)11-31)4-6-20(18)27-13-28-23/h1-10,13,21,31-32H,11-12H2,(H,30,33)(H,27,28,29). The number of ether oxygens (including phenoxy) is 1. The molecule has 0 aliphatic rings. The quantitative estimate of drug-likeness (QED) is 0.299. The van der Waals surface area contributed by atoms with Crippen LogP contribution in [0.4, 0.5) is 21.6 Å². The van der Waals surface area contributed by atoms with Crippen LogP contribution in [-0.4, -0.2) is 38.8 Å². The Balaban J connectivity index is 1.51. The summed E-state index contributed by atoms with van der Waals surface area (Å²) in [5, 5.41) is 25.1. The van der Waals surface area contributed by atoms with Gasteiger partial charge in [0.15, 0.2) is 6.10 Å². The molecule has 0 aliphatic heterocycles. The van der Waals surface area contributed by atoms with Gasteiger partial charge in [-0.2, -0.15) is 0 Å². The first-order valence-corrected chi connectivity index (χ1v) is 10.6. The van der Waals surface area contributed by atoms with E-state index in [1.807, 2.05) is 0 Å². The third-order valence-corrected chi connectivity index (χ3v) is 5.15. The van der Waals surface area contributed by atoms with E-state index in [1.165, 1.54) is 18.5 Å². The monoisotopic (exact) mass is 482 g/mol. The lowest BCUT2D eigenvalue weighted by Gasteiger charge is -2.13. The average Bonchev–Trinajstić information content (AvgIpc) is 2.83. The van der Waals surface area contributed by atoms with E-state index in [0.29, 0.717) is 44.4 Å². The lowest BCUT2D eigenvalue weighted by atomic mass is 10.2. The Morgan fingerprint density at radius 1 is 1.09 bits per heavy atom. The highest BCUT2D eigenvalue weighted by molar-refractivity contribution is 6.32. The summed E-state index contributed by atoms with van der Waals surface area (Å²) in [7, 11) is 0. The molecule has 4 rings (SSSR count). The Morgan fingerprint density at radius 2 is 1.91 bits per heavy atom. The molecule has 4 aromatic rings. The Kier molecular flexibility index (Phi) is 7.17. The molecular formula is C24H20ClFN4O4. The van der Waals surface area contributed by atoms with Crippen LogP contribution in [0.25, 0.3) is 10.9 Å². The summed E-state index contributed by atoms with van der Waals surface area (Å²) < 4.78 is 19.0. The zero-order valence-electron chi connectivity index (χ0n) is 17.7. The van der Waals surface area contributed by atoms with Crippen molar-refractivity contribution < 1.29 is 24.1 Å². The van der Waals surface area contributed by atoms with Crippen molar-refractivity contribution >= 4 is 45.6 Å². The second-order valence-electron chi connectivity index (χ2n) is 7.33. The average molecular weight is 483 g/mol. The molecule has 1 aromatic heterocycles. The highest BCUT2D eigenvalue weighted by atomic mass is 35.5. The third kappa shape index (κ3) is 5.57. The van der Waals surface area contributed by atoms with Crippen LogP contribution in [-0.2, 0) is 11.4 Å². The van der Waals surface area contributed by atoms with Crippen LogP contribution in [0.5, 0.6) is 5.75 Å². The number of carbonyl (C=O) groups is 1. The van der Waals surface area contributed by atoms with Gasteiger partial charge < -0.3 is 25.6 Å². The van der Waals surface area contributed by atoms with Gasteiger partial charge in [0, 0.05) is 16.8 Å². The van der Waals surface area contributed by atoms with Crippen molar-refractivity contribution in [2.45, 2.75) is 12.7 Å². The molecule has 1 unspecified atom stereocenters. The fraction of sp³-hybridized carbons (Fsp3) is 0.125. The molecule has 0 fully saturated rings. The van der Waals surface area contributed by atoms with Crippen LogP contribution < -0.4 is 15.4 Å². The lowest BCUT2D eigenvalue weighted by molar-refractivity contribution is -0.125. The summed E-state index contributed by atoms with van der Waals surface area (Å²) in [6, 6.07) is 16.2. The number of aliphatic hydroxyl groups is 2. The second kappa shape index (κ2) is 10.4. The van der Waals surface area contributed by atoms with Crippen molar-refractivity contribution in [3.05, 3.63) is 83.4 Å². The first-order valence-electron chi connectivity index (χ1n) is 10.2. The number of nitrogens with zero attached hydrogens (tertiary/aromatic N) is 2. The predicted octanol–water partition coefficient (Wildman–Crippen LogP) is 4.04. The van der Waals surface area contributed by atoms with Crippen LogP contribution in [0.3, 0.4) is 0 Å². The molecular weight excluding hydrogens is 463 g/mol. The summed E-state index contributed by atoms with van der Waals surface area (Å²) in [6.45, 7) is -0.516. The predicted molar refractivity (Wildman–Crippen MR) is 127 cm³/mol. The van der Waals surface area contributed by atoms with Crippen LogP contribution in [0.15, 0.2) is 67.0 Å². The number of carbonyl (C=O) groups excluding carboxylic acids is 1. The number of rotatable bonds is 8. The fourth-order valence-electron chi connectivity index (χ4n) is 3.16. The molecule has 1 heterocycles. The fourth-order valence-corrected chi connectivity index (χ4v) is 3.40. The Bertz CT molecular complexity index is 1340. The van der Waals surface area contributed by atoms with Crippen molar-refractivity contribution in [3.8, 4) is 5.75 Å². The number of aromatic nitrogens is 2. The number of anilines is 3. The molecule has 10 heteroatoms. The maximum Gasteiger partial charge on any atom is 0.255 e. The van der Waals surface area contributed by atoms with Gasteiger partial charge in [-0.3, -0.25) is 4.79 Å². The van der Waals surface area contributed by atoms with Gasteiger partial charge in [-0.1, -0.05) is 23.7 Å². The summed E-state index contributed by atoms with van der Waals surface area (Å²) >= 11 is 6.37. The van der Waals surface area contributed by atoms with E-state index in [1.54, 1.807) is 48.5 Å². The minimum Gasteiger partial charge on any atom is -0.487 e. The van der Waals surface area contributed by atoms with Gasteiger partial charge in [-0.25, -0.2) is 14.4 Å². The number of amides is 1. The zero-order chi connectivity index (χ0) is 24.1. The van der Waals surface area contributed by atoms with E-state index in [9.17, 15) is 14.3 Å². The highest BCUT2D eigenvalue weighted by Crippen LogP contribution is 2.31. The van der Waals surface area contributed by atoms with Gasteiger partial charge in [-0.05, 0) is 54.1 Å². The van der Waals surface area contributed by atoms with E-state index in [-0.39, 0.29) is 12.4 Å². The number of hydrogen-bond donors (Lipinski definition) is 4. The molecule has 1 amide bonds. The molecule has 0 saturated heterocycles. The largest absolute Gasteiger partial charge is 0.487 e. The number of nitrogens with one attached hydrogen (secondary N) is 2. The molecule has 0 spiro atoms. The van der Waals surface area contributed by atoms with Gasteiger partial charge in [-0.15, -0.1) is 0 Å². The molecule has 0 aliphatic carbocycles. The Labute approximate surface area is 199 Å². The Morgan fingerprint density at radius 3 is 2.68 bits per heavy atom. The molecule has 3 aromatic carbocycles. The number of hydrogen-bond acceptors (Lipinski definition) is 7. The minimum absolute atomic E-state index is 0.167. The molecule has 8 nitrogen and oxygen atoms in total. The van der Waals surface area contributed by atoms with Crippen LogP contribution in [0.1, 0.15) is 5.56 Å². The Hall–Kier alpha value is -3.79. The SMILES string of the molecule is O=C(Nc1ccc2ncnc(Nc3ccc(OCc4cccc(F)c4)c(Cl)c3)c2c1)C(O)CO. The van der Waals surface area contributed by atoms with Crippen molar-refractivity contribution in [3.63, 3.8) is 0 Å². The van der Waals surface area contributed by atoms with Crippen molar-refractivity contribution in [2.24, 2.45) is 0 Å². The normalized spacial score (nSPS) is 11.8. The molecule has 34 heavy (non-hydrogen) atoms. The van der Waals surface area contributed by atoms with E-state index < -0.39 is 18.6 Å². The lowest BCUT2D eigenvalue weighted by Crippen LogP contribution is -2.30. The topological polar surface area (TPSA) is 117 Å². The van der Waals surface area contributed by atoms with Crippen LogP contribution in [0.2, 0.25) is 5.02 Å². The van der Waals surface area contributed by atoms with Crippen molar-refractivity contribution in [1.82, 2.24) is 9.97 Å². The highest BCUT2D eigenvalue weighted by Gasteiger charge is 2.14. The summed E-state index contributed by atoms with van der Waals surface area (Å²) in [5.74, 6) is -0.158. The number of fused-ring (bicyclic) bond motifs is 1. The summed E-state index contributed by atoms with van der Waals surface area (Å²) in [6.07, 6.45) is -0.125. The van der Waals surface area contributed by atoms with Crippen LogP contribution in [0, 0.1) is 5.82 Å². The minimum atomic E-state index is -1.52. The first-order chi connectivity index (χ1) is 16.4. The van der Waals surface area contributed by atoms with E-state index in [2.05, 4.69) is 20.6 Å². The molecule has 0 saturated carbocycles. The molecule has 0 radical (unpaired) electrons. The van der Waals surface area contributed by atoms with Gasteiger partial charge in [0.25, 0.3) is 5.91 Å². The van der Waals surface area contributed by atoms with E-state index >= 15 is 0 Å². The number of halogens is 2. The third-order valence-electron chi connectivity index (χ3n) is 4.86. The first kappa shape index (κ1) is 23.4. The zero-order valence-corrected chi connectivity index (χ0v) is 18.5. The summed E-state index contributed by atoms with van der Waals surface area (Å²) in [4.78, 5) is 20.4. The maximum absolute atomic E-state index is 13.3. The smallest absolute Gasteiger partial charge is 0.255 e. The number of benzene rings is 3. The van der Waals surface area contributed by atoms with Crippen molar-refractivity contribution in [1.29, 1.82) is 0 Å². The van der Waals surface area contributed by atoms with Gasteiger partial charge >= 0.3 is 0 Å².